The minimum absolute atomic E-state index is 0.0515. The van der Waals surface area contributed by atoms with Crippen molar-refractivity contribution in [3.05, 3.63) is 106 Å². The van der Waals surface area contributed by atoms with E-state index in [4.69, 9.17) is 5.10 Å². The second-order valence-electron chi connectivity index (χ2n) is 10.8. The highest BCUT2D eigenvalue weighted by molar-refractivity contribution is 9.10. The first-order valence-corrected chi connectivity index (χ1v) is 14.8. The molecule has 3 aliphatic heterocycles. The van der Waals surface area contributed by atoms with Gasteiger partial charge >= 0.3 is 0 Å². The van der Waals surface area contributed by atoms with E-state index in [1.165, 1.54) is 5.01 Å². The number of fused-ring (bicyclic) bond motifs is 2. The number of imide groups is 1. The molecule has 3 aromatic carbocycles. The maximum absolute atomic E-state index is 14.0. The first-order valence-electron chi connectivity index (χ1n) is 14.0. The van der Waals surface area contributed by atoms with Crippen LogP contribution in [0.3, 0.4) is 0 Å². The van der Waals surface area contributed by atoms with E-state index in [0.717, 1.165) is 51.0 Å². The lowest BCUT2D eigenvalue weighted by Crippen LogP contribution is -2.45. The van der Waals surface area contributed by atoms with Crippen molar-refractivity contribution in [3.8, 4) is 0 Å². The van der Waals surface area contributed by atoms with Crippen molar-refractivity contribution in [1.82, 2.24) is 10.0 Å². The van der Waals surface area contributed by atoms with Crippen molar-refractivity contribution >= 4 is 51.1 Å². The molecule has 1 saturated carbocycles. The number of hydrogen-bond donors (Lipinski definition) is 0. The summed E-state index contributed by atoms with van der Waals surface area (Å²) in [6.45, 7) is -0.220. The van der Waals surface area contributed by atoms with Crippen LogP contribution < -0.4 is 4.90 Å². The zero-order valence-electron chi connectivity index (χ0n) is 22.6. The minimum Gasteiger partial charge on any atom is -0.271 e. The summed E-state index contributed by atoms with van der Waals surface area (Å²) in [4.78, 5) is 41.8. The maximum Gasteiger partial charge on any atom is 0.264 e. The van der Waals surface area contributed by atoms with Crippen LogP contribution in [0, 0.1) is 5.92 Å². The molecule has 42 heavy (non-hydrogen) atoms. The van der Waals surface area contributed by atoms with Crippen LogP contribution in [0.1, 0.15) is 36.4 Å². The van der Waals surface area contributed by atoms with Gasteiger partial charge in [0, 0.05) is 10.4 Å². The van der Waals surface area contributed by atoms with Crippen LogP contribution in [0.2, 0.25) is 0 Å². The van der Waals surface area contributed by atoms with Crippen LogP contribution >= 0.6 is 15.9 Å². The molecular weight excluding hydrogens is 596 g/mol. The molecule has 10 heteroatoms. The topological polar surface area (TPSA) is 98.0 Å². The van der Waals surface area contributed by atoms with Crippen molar-refractivity contribution in [2.24, 2.45) is 21.4 Å². The largest absolute Gasteiger partial charge is 0.271 e. The smallest absolute Gasteiger partial charge is 0.264 e. The van der Waals surface area contributed by atoms with Gasteiger partial charge in [0.1, 0.15) is 6.54 Å². The van der Waals surface area contributed by atoms with Gasteiger partial charge in [-0.1, -0.05) is 81.8 Å². The molecule has 2 fully saturated rings. The molecule has 3 heterocycles. The number of anilines is 1. The number of halogens is 1. The molecule has 0 spiro atoms. The number of benzene rings is 3. The number of carbonyl (C=O) groups excluding carboxylic acids is 3. The second-order valence-corrected chi connectivity index (χ2v) is 11.8. The van der Waals surface area contributed by atoms with Gasteiger partial charge in [0.05, 0.1) is 17.4 Å². The minimum atomic E-state index is -0.980. The predicted molar refractivity (Wildman–Crippen MR) is 161 cm³/mol. The molecule has 0 aromatic heterocycles. The van der Waals surface area contributed by atoms with Crippen molar-refractivity contribution in [3.63, 3.8) is 0 Å². The summed E-state index contributed by atoms with van der Waals surface area (Å²) in [5.41, 5.74) is 4.63. The summed E-state index contributed by atoms with van der Waals surface area (Å²) in [6, 6.07) is 24.8. The maximum atomic E-state index is 14.0. The number of nitrogens with zero attached hydrogens (tertiary/aromatic N) is 6. The van der Waals surface area contributed by atoms with E-state index >= 15 is 0 Å². The van der Waals surface area contributed by atoms with E-state index in [-0.39, 0.29) is 24.4 Å². The van der Waals surface area contributed by atoms with Gasteiger partial charge in [-0.15, -0.1) is 0 Å². The molecule has 210 valence electrons. The van der Waals surface area contributed by atoms with E-state index in [2.05, 4.69) is 44.5 Å². The van der Waals surface area contributed by atoms with E-state index in [9.17, 15) is 14.4 Å². The molecule has 0 unspecified atom stereocenters. The lowest BCUT2D eigenvalue weighted by Gasteiger charge is -2.30. The van der Waals surface area contributed by atoms with Crippen molar-refractivity contribution in [2.75, 3.05) is 11.4 Å². The average molecular weight is 624 g/mol. The fraction of sp³-hybridized carbons (Fsp3) is 0.250. The van der Waals surface area contributed by atoms with Crippen molar-refractivity contribution in [2.45, 2.75) is 37.4 Å². The summed E-state index contributed by atoms with van der Waals surface area (Å²) in [7, 11) is 0. The van der Waals surface area contributed by atoms with E-state index in [0.29, 0.717) is 5.69 Å². The van der Waals surface area contributed by atoms with Gasteiger partial charge in [-0.05, 0) is 66.3 Å². The molecule has 7 rings (SSSR count). The Balaban J connectivity index is 1.18. The molecule has 1 saturated heterocycles. The van der Waals surface area contributed by atoms with E-state index < -0.39 is 23.9 Å². The Hall–Kier alpha value is -4.44. The first kappa shape index (κ1) is 26.5. The summed E-state index contributed by atoms with van der Waals surface area (Å²) >= 11 is 3.38. The van der Waals surface area contributed by atoms with Gasteiger partial charge < -0.3 is 0 Å². The SMILES string of the molecule is O=C1[C@@H]2N=NN(CC(=O)N3N=C4/C(=C/c5ccccc5)CCC[C@@H]4[C@H]3c3ccccc3)[C@H]2C(=O)N1c1ccc(Br)cc1. The Labute approximate surface area is 251 Å². The van der Waals surface area contributed by atoms with Crippen LogP contribution in [-0.4, -0.2) is 52.1 Å². The Morgan fingerprint density at radius 1 is 0.905 bits per heavy atom. The summed E-state index contributed by atoms with van der Waals surface area (Å²) in [5.74, 6) is -1.14. The van der Waals surface area contributed by atoms with Gasteiger partial charge in [-0.25, -0.2) is 9.91 Å². The summed E-state index contributed by atoms with van der Waals surface area (Å²) in [6.07, 6.45) is 4.97. The van der Waals surface area contributed by atoms with Gasteiger partial charge in [-0.3, -0.25) is 19.4 Å². The predicted octanol–water partition coefficient (Wildman–Crippen LogP) is 5.57. The third-order valence-electron chi connectivity index (χ3n) is 8.28. The quantitative estimate of drug-likeness (QED) is 0.348. The molecule has 0 bridgehead atoms. The molecule has 3 amide bonds. The van der Waals surface area contributed by atoms with Crippen LogP contribution in [0.25, 0.3) is 6.08 Å². The summed E-state index contributed by atoms with van der Waals surface area (Å²) < 4.78 is 0.833. The molecular formula is C32H27BrN6O3. The van der Waals surface area contributed by atoms with E-state index in [1.54, 1.807) is 29.3 Å². The molecule has 1 aliphatic carbocycles. The zero-order valence-corrected chi connectivity index (χ0v) is 24.2. The summed E-state index contributed by atoms with van der Waals surface area (Å²) in [5, 5.41) is 16.1. The molecule has 0 radical (unpaired) electrons. The Bertz CT molecular complexity index is 1640. The van der Waals surface area contributed by atoms with Gasteiger partial charge in [0.2, 0.25) is 0 Å². The van der Waals surface area contributed by atoms with Crippen LogP contribution in [0.4, 0.5) is 5.69 Å². The molecule has 4 aliphatic rings. The van der Waals surface area contributed by atoms with Gasteiger partial charge in [-0.2, -0.15) is 10.2 Å². The van der Waals surface area contributed by atoms with Crippen LogP contribution in [0.15, 0.2) is 110 Å². The standard InChI is InChI=1S/C32H27BrN6O3/c33-23-14-16-24(17-15-23)38-31(41)28-30(32(38)42)37(36-34-28)19-26(40)39-29(21-10-5-2-6-11-21)25-13-7-12-22(27(25)35-39)18-20-8-3-1-4-9-20/h1-6,8-11,14-18,25,28-30H,7,12-13,19H2/b22-18+/t25-,28+,29+,30+/m0/s1. The molecule has 9 nitrogen and oxygen atoms in total. The Morgan fingerprint density at radius 2 is 1.62 bits per heavy atom. The van der Waals surface area contributed by atoms with Crippen LogP contribution in [-0.2, 0) is 14.4 Å². The number of allylic oxidation sites excluding steroid dienone is 1. The lowest BCUT2D eigenvalue weighted by molar-refractivity contribution is -0.136. The third kappa shape index (κ3) is 4.56. The monoisotopic (exact) mass is 622 g/mol. The number of carbonyl (C=O) groups is 3. The lowest BCUT2D eigenvalue weighted by atomic mass is 9.77. The first-order chi connectivity index (χ1) is 20.5. The molecule has 4 atom stereocenters. The Morgan fingerprint density at radius 3 is 2.36 bits per heavy atom. The number of hydrogen-bond acceptors (Lipinski definition) is 7. The number of amides is 3. The van der Waals surface area contributed by atoms with Crippen LogP contribution in [0.5, 0.6) is 0 Å². The second kappa shape index (κ2) is 10.8. The fourth-order valence-electron chi connectivity index (χ4n) is 6.35. The number of rotatable bonds is 5. The van der Waals surface area contributed by atoms with Gasteiger partial charge in [0.15, 0.2) is 12.1 Å². The fourth-order valence-corrected chi connectivity index (χ4v) is 6.61. The molecule has 0 N–H and O–H groups in total. The highest BCUT2D eigenvalue weighted by atomic mass is 79.9. The number of hydrazone groups is 1. The van der Waals surface area contributed by atoms with Gasteiger partial charge in [0.25, 0.3) is 17.7 Å². The van der Waals surface area contributed by atoms with Crippen molar-refractivity contribution < 1.29 is 14.4 Å². The van der Waals surface area contributed by atoms with E-state index in [1.807, 2.05) is 48.5 Å². The zero-order chi connectivity index (χ0) is 28.8. The third-order valence-corrected chi connectivity index (χ3v) is 8.81. The highest BCUT2D eigenvalue weighted by Crippen LogP contribution is 2.44. The molecule has 3 aromatic rings. The Kier molecular flexibility index (Phi) is 6.78. The highest BCUT2D eigenvalue weighted by Gasteiger charge is 2.55. The average Bonchev–Trinajstić information content (AvgIpc) is 3.68. The normalized spacial score (nSPS) is 25.7. The van der Waals surface area contributed by atoms with Crippen molar-refractivity contribution in [1.29, 1.82) is 0 Å².